The van der Waals surface area contributed by atoms with E-state index < -0.39 is 15.6 Å². The van der Waals surface area contributed by atoms with Crippen molar-refractivity contribution >= 4 is 21.4 Å². The van der Waals surface area contributed by atoms with Crippen LogP contribution in [0.4, 0.5) is 0 Å². The van der Waals surface area contributed by atoms with Gasteiger partial charge in [0, 0.05) is 11.4 Å². The summed E-state index contributed by atoms with van der Waals surface area (Å²) in [6, 6.07) is 3.49. The van der Waals surface area contributed by atoms with E-state index in [0.717, 1.165) is 37.0 Å². The molecule has 1 aliphatic carbocycles. The van der Waals surface area contributed by atoms with Crippen molar-refractivity contribution in [2.45, 2.75) is 61.7 Å². The zero-order valence-electron chi connectivity index (χ0n) is 11.9. The number of hydrogen-bond acceptors (Lipinski definition) is 4. The van der Waals surface area contributed by atoms with Crippen molar-refractivity contribution in [2.75, 3.05) is 6.54 Å². The number of rotatable bonds is 5. The van der Waals surface area contributed by atoms with Gasteiger partial charge in [-0.3, -0.25) is 0 Å². The lowest BCUT2D eigenvalue weighted by atomic mass is 9.95. The lowest BCUT2D eigenvalue weighted by Crippen LogP contribution is -2.42. The van der Waals surface area contributed by atoms with Crippen molar-refractivity contribution in [3.8, 4) is 0 Å². The van der Waals surface area contributed by atoms with Crippen LogP contribution in [0, 0.1) is 0 Å². The van der Waals surface area contributed by atoms with E-state index in [9.17, 15) is 13.5 Å². The van der Waals surface area contributed by atoms with Gasteiger partial charge in [0.15, 0.2) is 0 Å². The molecule has 20 heavy (non-hydrogen) atoms. The summed E-state index contributed by atoms with van der Waals surface area (Å²) in [7, 11) is -3.49. The molecule has 0 atom stereocenters. The molecular formula is C14H23NO3S2. The highest BCUT2D eigenvalue weighted by atomic mass is 32.2. The standard InChI is InChI=1S/C14H23NO3S2/c1-2-12-7-8-13(19-12)20(17,18)15-11-14(16)9-5-3-4-6-10-14/h7-8,15-16H,2-6,9-11H2,1H3. The largest absolute Gasteiger partial charge is 0.389 e. The van der Waals surface area contributed by atoms with Crippen molar-refractivity contribution < 1.29 is 13.5 Å². The SMILES string of the molecule is CCc1ccc(S(=O)(=O)NCC2(O)CCCCCC2)s1. The van der Waals surface area contributed by atoms with Gasteiger partial charge in [-0.1, -0.05) is 32.6 Å². The second-order valence-electron chi connectivity index (χ2n) is 5.54. The van der Waals surface area contributed by atoms with Crippen LogP contribution in [-0.2, 0) is 16.4 Å². The minimum atomic E-state index is -3.49. The average molecular weight is 317 g/mol. The van der Waals surface area contributed by atoms with E-state index in [0.29, 0.717) is 17.1 Å². The van der Waals surface area contributed by atoms with E-state index in [-0.39, 0.29) is 6.54 Å². The highest BCUT2D eigenvalue weighted by molar-refractivity contribution is 7.91. The summed E-state index contributed by atoms with van der Waals surface area (Å²) in [4.78, 5) is 1.05. The number of aliphatic hydroxyl groups is 1. The summed E-state index contributed by atoms with van der Waals surface area (Å²) in [5.41, 5.74) is -0.881. The summed E-state index contributed by atoms with van der Waals surface area (Å²) in [6.07, 6.45) is 6.39. The third-order valence-electron chi connectivity index (χ3n) is 3.88. The summed E-state index contributed by atoms with van der Waals surface area (Å²) in [6.45, 7) is 2.12. The Morgan fingerprint density at radius 2 is 1.90 bits per heavy atom. The monoisotopic (exact) mass is 317 g/mol. The van der Waals surface area contributed by atoms with E-state index in [1.54, 1.807) is 6.07 Å². The lowest BCUT2D eigenvalue weighted by molar-refractivity contribution is 0.0303. The maximum Gasteiger partial charge on any atom is 0.250 e. The molecule has 0 aliphatic heterocycles. The molecule has 0 unspecified atom stereocenters. The molecule has 0 bridgehead atoms. The number of sulfonamides is 1. The molecule has 0 saturated heterocycles. The van der Waals surface area contributed by atoms with Crippen LogP contribution in [-0.4, -0.2) is 25.7 Å². The number of hydrogen-bond donors (Lipinski definition) is 2. The Balaban J connectivity index is 2.01. The van der Waals surface area contributed by atoms with Gasteiger partial charge in [-0.05, 0) is 31.4 Å². The molecule has 0 amide bonds. The first-order valence-electron chi connectivity index (χ1n) is 7.26. The van der Waals surface area contributed by atoms with Gasteiger partial charge in [-0.2, -0.15) is 0 Å². The summed E-state index contributed by atoms with van der Waals surface area (Å²) >= 11 is 1.30. The zero-order chi connectivity index (χ0) is 14.6. The molecule has 1 aromatic rings. The minimum absolute atomic E-state index is 0.120. The highest BCUT2D eigenvalue weighted by Gasteiger charge is 2.30. The molecule has 1 aliphatic rings. The molecule has 114 valence electrons. The van der Waals surface area contributed by atoms with Gasteiger partial charge >= 0.3 is 0 Å². The van der Waals surface area contributed by atoms with Crippen molar-refractivity contribution in [3.05, 3.63) is 17.0 Å². The number of nitrogens with one attached hydrogen (secondary N) is 1. The quantitative estimate of drug-likeness (QED) is 0.821. The average Bonchev–Trinajstić information content (AvgIpc) is 2.81. The zero-order valence-corrected chi connectivity index (χ0v) is 13.5. The number of aryl methyl sites for hydroxylation is 1. The van der Waals surface area contributed by atoms with Gasteiger partial charge in [0.2, 0.25) is 10.0 Å². The Labute approximate surface area is 125 Å². The highest BCUT2D eigenvalue weighted by Crippen LogP contribution is 2.27. The Morgan fingerprint density at radius 1 is 1.25 bits per heavy atom. The fourth-order valence-electron chi connectivity index (χ4n) is 2.56. The van der Waals surface area contributed by atoms with Gasteiger partial charge in [0.05, 0.1) is 5.60 Å². The molecule has 0 spiro atoms. The van der Waals surface area contributed by atoms with Crippen molar-refractivity contribution in [1.29, 1.82) is 0 Å². The predicted octanol–water partition coefficient (Wildman–Crippen LogP) is 2.67. The normalized spacial score (nSPS) is 19.7. The molecular weight excluding hydrogens is 294 g/mol. The van der Waals surface area contributed by atoms with Crippen LogP contribution in [0.2, 0.25) is 0 Å². The molecule has 1 fully saturated rings. The van der Waals surface area contributed by atoms with Crippen LogP contribution in [0.25, 0.3) is 0 Å². The molecule has 6 heteroatoms. The van der Waals surface area contributed by atoms with E-state index in [4.69, 9.17) is 0 Å². The second-order valence-corrected chi connectivity index (χ2v) is 8.70. The van der Waals surface area contributed by atoms with Gasteiger partial charge in [0.1, 0.15) is 4.21 Å². The van der Waals surface area contributed by atoms with Crippen LogP contribution in [0.1, 0.15) is 50.3 Å². The van der Waals surface area contributed by atoms with Crippen LogP contribution in [0.5, 0.6) is 0 Å². The predicted molar refractivity (Wildman–Crippen MR) is 81.5 cm³/mol. The van der Waals surface area contributed by atoms with Crippen molar-refractivity contribution in [1.82, 2.24) is 4.72 Å². The smallest absolute Gasteiger partial charge is 0.250 e. The Bertz CT molecular complexity index is 528. The third kappa shape index (κ3) is 4.04. The van der Waals surface area contributed by atoms with Gasteiger partial charge < -0.3 is 5.11 Å². The van der Waals surface area contributed by atoms with Crippen LogP contribution in [0.3, 0.4) is 0 Å². The molecule has 4 nitrogen and oxygen atoms in total. The maximum absolute atomic E-state index is 12.2. The molecule has 2 rings (SSSR count). The Kier molecular flexibility index (Phi) is 5.23. The second kappa shape index (κ2) is 6.56. The fraction of sp³-hybridized carbons (Fsp3) is 0.714. The van der Waals surface area contributed by atoms with Gasteiger partial charge in [-0.25, -0.2) is 13.1 Å². The van der Waals surface area contributed by atoms with E-state index in [1.807, 2.05) is 13.0 Å². The third-order valence-corrected chi connectivity index (χ3v) is 7.00. The Hall–Kier alpha value is -0.430. The lowest BCUT2D eigenvalue weighted by Gasteiger charge is -2.26. The first-order valence-corrected chi connectivity index (χ1v) is 9.56. The molecule has 0 radical (unpaired) electrons. The van der Waals surface area contributed by atoms with Crippen LogP contribution >= 0.6 is 11.3 Å². The van der Waals surface area contributed by atoms with E-state index in [1.165, 1.54) is 11.3 Å². The van der Waals surface area contributed by atoms with Crippen molar-refractivity contribution in [2.24, 2.45) is 0 Å². The Morgan fingerprint density at radius 3 is 2.45 bits per heavy atom. The molecule has 1 saturated carbocycles. The molecule has 2 N–H and O–H groups in total. The summed E-state index contributed by atoms with van der Waals surface area (Å²) in [5.74, 6) is 0. The molecule has 1 heterocycles. The van der Waals surface area contributed by atoms with Crippen LogP contribution < -0.4 is 4.72 Å². The number of thiophene rings is 1. The first kappa shape index (κ1) is 15.9. The van der Waals surface area contributed by atoms with Gasteiger partial charge in [0.25, 0.3) is 0 Å². The minimum Gasteiger partial charge on any atom is -0.389 e. The molecule has 0 aromatic carbocycles. The topological polar surface area (TPSA) is 66.4 Å². The van der Waals surface area contributed by atoms with Gasteiger partial charge in [-0.15, -0.1) is 11.3 Å². The maximum atomic E-state index is 12.2. The van der Waals surface area contributed by atoms with Crippen LogP contribution in [0.15, 0.2) is 16.3 Å². The van der Waals surface area contributed by atoms with Crippen molar-refractivity contribution in [3.63, 3.8) is 0 Å². The molecule has 1 aromatic heterocycles. The fourth-order valence-corrected chi connectivity index (χ4v) is 5.02. The summed E-state index contributed by atoms with van der Waals surface area (Å²) < 4.78 is 27.4. The first-order chi connectivity index (χ1) is 9.45. The van der Waals surface area contributed by atoms with E-state index >= 15 is 0 Å². The van der Waals surface area contributed by atoms with E-state index in [2.05, 4.69) is 4.72 Å². The summed E-state index contributed by atoms with van der Waals surface area (Å²) in [5, 5.41) is 10.5.